The lowest BCUT2D eigenvalue weighted by atomic mass is 10.4. The van der Waals surface area contributed by atoms with E-state index in [1.165, 1.54) is 0 Å². The van der Waals surface area contributed by atoms with Crippen LogP contribution in [0.25, 0.3) is 0 Å². The molecule has 0 unspecified atom stereocenters. The molecule has 4 heteroatoms. The van der Waals surface area contributed by atoms with Gasteiger partial charge in [0.2, 0.25) is 0 Å². The first-order valence-corrected chi connectivity index (χ1v) is 3.86. The standard InChI is InChI=1S/C8H12N2O2/c1-3-12-5-7-9-4-6(2)8(11)10-7/h4H,3,5H2,1-2H3,(H,9,10,11). The minimum atomic E-state index is -0.0975. The highest BCUT2D eigenvalue weighted by Gasteiger charge is 1.96. The lowest BCUT2D eigenvalue weighted by Crippen LogP contribution is -2.14. The second kappa shape index (κ2) is 4.01. The minimum absolute atomic E-state index is 0.0975. The second-order valence-electron chi connectivity index (χ2n) is 2.48. The average Bonchev–Trinajstić information content (AvgIpc) is 2.07. The summed E-state index contributed by atoms with van der Waals surface area (Å²) in [4.78, 5) is 17.7. The van der Waals surface area contributed by atoms with Crippen LogP contribution in [0.3, 0.4) is 0 Å². The topological polar surface area (TPSA) is 55.0 Å². The van der Waals surface area contributed by atoms with Crippen molar-refractivity contribution in [2.24, 2.45) is 0 Å². The molecule has 1 rings (SSSR count). The van der Waals surface area contributed by atoms with Gasteiger partial charge in [0.1, 0.15) is 12.4 Å². The highest BCUT2D eigenvalue weighted by Crippen LogP contribution is 1.90. The fourth-order valence-electron chi connectivity index (χ4n) is 0.767. The molecular weight excluding hydrogens is 156 g/mol. The van der Waals surface area contributed by atoms with Crippen molar-refractivity contribution >= 4 is 0 Å². The zero-order chi connectivity index (χ0) is 8.97. The predicted octanol–water partition coefficient (Wildman–Crippen LogP) is 0.615. The van der Waals surface area contributed by atoms with Crippen LogP contribution in [0, 0.1) is 6.92 Å². The number of nitrogens with one attached hydrogen (secondary N) is 1. The molecular formula is C8H12N2O2. The van der Waals surface area contributed by atoms with E-state index in [2.05, 4.69) is 9.97 Å². The van der Waals surface area contributed by atoms with Gasteiger partial charge in [-0.15, -0.1) is 0 Å². The molecule has 66 valence electrons. The van der Waals surface area contributed by atoms with E-state index in [0.29, 0.717) is 24.6 Å². The Bertz CT molecular complexity index is 306. The molecule has 4 nitrogen and oxygen atoms in total. The molecule has 0 amide bonds. The third-order valence-electron chi connectivity index (χ3n) is 1.47. The number of aryl methyl sites for hydroxylation is 1. The van der Waals surface area contributed by atoms with Crippen molar-refractivity contribution in [2.75, 3.05) is 6.61 Å². The number of hydrogen-bond acceptors (Lipinski definition) is 3. The van der Waals surface area contributed by atoms with Crippen LogP contribution in [-0.4, -0.2) is 16.6 Å². The average molecular weight is 168 g/mol. The van der Waals surface area contributed by atoms with E-state index in [1.54, 1.807) is 13.1 Å². The molecule has 12 heavy (non-hydrogen) atoms. The third-order valence-corrected chi connectivity index (χ3v) is 1.47. The Morgan fingerprint density at radius 3 is 3.00 bits per heavy atom. The fraction of sp³-hybridized carbons (Fsp3) is 0.500. The summed E-state index contributed by atoms with van der Waals surface area (Å²) in [5, 5.41) is 0. The van der Waals surface area contributed by atoms with Gasteiger partial charge in [-0.25, -0.2) is 4.98 Å². The largest absolute Gasteiger partial charge is 0.374 e. The van der Waals surface area contributed by atoms with E-state index < -0.39 is 0 Å². The number of H-pyrrole nitrogens is 1. The number of aromatic amines is 1. The Morgan fingerprint density at radius 2 is 2.42 bits per heavy atom. The SMILES string of the molecule is CCOCc1ncc(C)c(=O)[nH]1. The van der Waals surface area contributed by atoms with Crippen LogP contribution in [0.5, 0.6) is 0 Å². The summed E-state index contributed by atoms with van der Waals surface area (Å²) in [5.41, 5.74) is 0.523. The lowest BCUT2D eigenvalue weighted by molar-refractivity contribution is 0.128. The Hall–Kier alpha value is -1.16. The summed E-state index contributed by atoms with van der Waals surface area (Å²) in [5.74, 6) is 0.576. The summed E-state index contributed by atoms with van der Waals surface area (Å²) in [7, 11) is 0. The van der Waals surface area contributed by atoms with Crippen molar-refractivity contribution in [3.63, 3.8) is 0 Å². The summed E-state index contributed by atoms with van der Waals surface area (Å²) in [6, 6.07) is 0. The summed E-state index contributed by atoms with van der Waals surface area (Å²) in [6.45, 7) is 4.60. The number of ether oxygens (including phenoxy) is 1. The zero-order valence-corrected chi connectivity index (χ0v) is 7.26. The van der Waals surface area contributed by atoms with E-state index in [0.717, 1.165) is 0 Å². The molecule has 1 aromatic rings. The maximum absolute atomic E-state index is 11.1. The zero-order valence-electron chi connectivity index (χ0n) is 7.26. The van der Waals surface area contributed by atoms with Gasteiger partial charge in [0, 0.05) is 18.4 Å². The molecule has 0 bridgehead atoms. The minimum Gasteiger partial charge on any atom is -0.374 e. The molecule has 1 N–H and O–H groups in total. The summed E-state index contributed by atoms with van der Waals surface area (Å²) in [6.07, 6.45) is 1.55. The molecule has 1 heterocycles. The first kappa shape index (κ1) is 8.93. The smallest absolute Gasteiger partial charge is 0.253 e. The molecule has 0 aromatic carbocycles. The van der Waals surface area contributed by atoms with Crippen LogP contribution in [-0.2, 0) is 11.3 Å². The molecule has 1 aromatic heterocycles. The second-order valence-corrected chi connectivity index (χ2v) is 2.48. The van der Waals surface area contributed by atoms with Crippen LogP contribution in [0.1, 0.15) is 18.3 Å². The van der Waals surface area contributed by atoms with Gasteiger partial charge >= 0.3 is 0 Å². The normalized spacial score (nSPS) is 10.2. The first-order chi connectivity index (χ1) is 5.74. The van der Waals surface area contributed by atoms with Gasteiger partial charge < -0.3 is 9.72 Å². The Labute approximate surface area is 70.6 Å². The van der Waals surface area contributed by atoms with Crippen molar-refractivity contribution in [2.45, 2.75) is 20.5 Å². The predicted molar refractivity (Wildman–Crippen MR) is 44.9 cm³/mol. The van der Waals surface area contributed by atoms with Gasteiger partial charge in [-0.3, -0.25) is 4.79 Å². The van der Waals surface area contributed by atoms with Crippen molar-refractivity contribution in [3.8, 4) is 0 Å². The lowest BCUT2D eigenvalue weighted by Gasteiger charge is -1.99. The van der Waals surface area contributed by atoms with E-state index in [9.17, 15) is 4.79 Å². The highest BCUT2D eigenvalue weighted by atomic mass is 16.5. The third kappa shape index (κ3) is 2.17. The van der Waals surface area contributed by atoms with Gasteiger partial charge in [-0.2, -0.15) is 0 Å². The molecule has 0 spiro atoms. The molecule has 0 aliphatic carbocycles. The van der Waals surface area contributed by atoms with Gasteiger partial charge in [0.15, 0.2) is 0 Å². The van der Waals surface area contributed by atoms with Crippen LogP contribution < -0.4 is 5.56 Å². The maximum Gasteiger partial charge on any atom is 0.253 e. The molecule has 0 fully saturated rings. The Kier molecular flexibility index (Phi) is 2.99. The first-order valence-electron chi connectivity index (χ1n) is 3.86. The fourth-order valence-corrected chi connectivity index (χ4v) is 0.767. The summed E-state index contributed by atoms with van der Waals surface area (Å²) < 4.78 is 5.08. The Balaban J connectivity index is 2.76. The quantitative estimate of drug-likeness (QED) is 0.719. The summed E-state index contributed by atoms with van der Waals surface area (Å²) >= 11 is 0. The molecule has 0 radical (unpaired) electrons. The van der Waals surface area contributed by atoms with Crippen molar-refractivity contribution in [3.05, 3.63) is 27.9 Å². The van der Waals surface area contributed by atoms with E-state index >= 15 is 0 Å². The van der Waals surface area contributed by atoms with Gasteiger partial charge in [-0.1, -0.05) is 0 Å². The number of nitrogens with zero attached hydrogens (tertiary/aromatic N) is 1. The number of hydrogen-bond donors (Lipinski definition) is 1. The van der Waals surface area contributed by atoms with E-state index in [-0.39, 0.29) is 5.56 Å². The van der Waals surface area contributed by atoms with E-state index in [4.69, 9.17) is 4.74 Å². The molecule has 0 atom stereocenters. The van der Waals surface area contributed by atoms with Crippen molar-refractivity contribution < 1.29 is 4.74 Å². The molecule has 0 saturated heterocycles. The Morgan fingerprint density at radius 1 is 1.67 bits per heavy atom. The molecule has 0 aliphatic heterocycles. The van der Waals surface area contributed by atoms with Crippen LogP contribution >= 0.6 is 0 Å². The van der Waals surface area contributed by atoms with Gasteiger partial charge in [0.05, 0.1) is 0 Å². The van der Waals surface area contributed by atoms with Crippen LogP contribution in [0.2, 0.25) is 0 Å². The number of rotatable bonds is 3. The monoisotopic (exact) mass is 168 g/mol. The van der Waals surface area contributed by atoms with Crippen LogP contribution in [0.4, 0.5) is 0 Å². The molecule has 0 saturated carbocycles. The highest BCUT2D eigenvalue weighted by molar-refractivity contribution is 5.02. The van der Waals surface area contributed by atoms with E-state index in [1.807, 2.05) is 6.92 Å². The van der Waals surface area contributed by atoms with Gasteiger partial charge in [0.25, 0.3) is 5.56 Å². The van der Waals surface area contributed by atoms with Gasteiger partial charge in [-0.05, 0) is 13.8 Å². The van der Waals surface area contributed by atoms with Crippen LogP contribution in [0.15, 0.2) is 11.0 Å². The van der Waals surface area contributed by atoms with Crippen molar-refractivity contribution in [1.29, 1.82) is 0 Å². The maximum atomic E-state index is 11.1. The van der Waals surface area contributed by atoms with Crippen molar-refractivity contribution in [1.82, 2.24) is 9.97 Å². The molecule has 0 aliphatic rings. The number of aromatic nitrogens is 2.